The van der Waals surface area contributed by atoms with Gasteiger partial charge in [-0.25, -0.2) is 0 Å². The molecule has 9 heteroatoms. The average Bonchev–Trinajstić information content (AvgIpc) is 2.96. The fraction of sp³-hybridized carbons (Fsp3) is 0.357. The molecule has 1 aromatic carbocycles. The molecule has 2 aliphatic rings. The minimum atomic E-state index is -1.42. The molecule has 0 saturated carbocycles. The summed E-state index contributed by atoms with van der Waals surface area (Å²) in [4.78, 5) is 36.8. The number of nitrogens with zero attached hydrogens (tertiary/aromatic N) is 2. The van der Waals surface area contributed by atoms with Crippen molar-refractivity contribution in [1.29, 1.82) is 0 Å². The zero-order valence-electron chi connectivity index (χ0n) is 12.0. The number of benzene rings is 1. The summed E-state index contributed by atoms with van der Waals surface area (Å²) in [5, 5.41) is 28.5. The first-order chi connectivity index (χ1) is 10.8. The molecule has 8 nitrogen and oxygen atoms in total. The van der Waals surface area contributed by atoms with E-state index >= 15 is 0 Å². The third-order valence-electron chi connectivity index (χ3n) is 4.45. The maximum atomic E-state index is 11.8. The van der Waals surface area contributed by atoms with Crippen LogP contribution in [0.25, 0.3) is 0 Å². The van der Waals surface area contributed by atoms with Gasteiger partial charge in [0, 0.05) is 0 Å². The van der Waals surface area contributed by atoms with Gasteiger partial charge in [0.25, 0.3) is 0 Å². The van der Waals surface area contributed by atoms with E-state index in [-0.39, 0.29) is 21.4 Å². The van der Waals surface area contributed by atoms with E-state index in [1.54, 1.807) is 24.3 Å². The summed E-state index contributed by atoms with van der Waals surface area (Å²) in [6.07, 6.45) is -3.67. The van der Waals surface area contributed by atoms with Gasteiger partial charge < -0.3 is 0 Å². The van der Waals surface area contributed by atoms with Crippen molar-refractivity contribution in [3.63, 3.8) is 0 Å². The van der Waals surface area contributed by atoms with E-state index < -0.39 is 34.7 Å². The number of rotatable bonds is 2. The summed E-state index contributed by atoms with van der Waals surface area (Å²) in [6.45, 7) is 0. The molecule has 1 saturated heterocycles. The topological polar surface area (TPSA) is 118 Å². The molecule has 0 aliphatic carbocycles. The second-order valence-electron chi connectivity index (χ2n) is 5.39. The third kappa shape index (κ3) is 1.93. The fourth-order valence-electron chi connectivity index (χ4n) is 3.59. The molecule has 2 heterocycles. The monoisotopic (exact) mass is 386 g/mol. The Morgan fingerprint density at radius 1 is 1.17 bits per heavy atom. The van der Waals surface area contributed by atoms with Gasteiger partial charge in [-0.15, -0.1) is 0 Å². The number of amides is 2. The number of carboxylic acids is 1. The van der Waals surface area contributed by atoms with Crippen molar-refractivity contribution in [2.75, 3.05) is 4.90 Å². The van der Waals surface area contributed by atoms with Crippen molar-refractivity contribution in [3.8, 4) is 0 Å². The first kappa shape index (κ1) is 15.6. The molecule has 1 aromatic rings. The number of aliphatic carboxylic acids is 1. The van der Waals surface area contributed by atoms with Crippen molar-refractivity contribution in [1.82, 2.24) is 4.90 Å². The van der Waals surface area contributed by atoms with E-state index in [9.17, 15) is 29.7 Å². The molecular formula is C14H14N2O6Se. The van der Waals surface area contributed by atoms with Gasteiger partial charge >= 0.3 is 137 Å². The number of anilines is 1. The first-order valence-corrected chi connectivity index (χ1v) is 9.33. The van der Waals surface area contributed by atoms with Crippen LogP contribution in [0.4, 0.5) is 15.3 Å². The summed E-state index contributed by atoms with van der Waals surface area (Å²) in [5.74, 6) is 0.625. The van der Waals surface area contributed by atoms with Crippen LogP contribution in [0.1, 0.15) is 12.0 Å². The Labute approximate surface area is 137 Å². The first-order valence-electron chi connectivity index (χ1n) is 6.76. The van der Waals surface area contributed by atoms with E-state index in [2.05, 4.69) is 0 Å². The maximum absolute atomic E-state index is 11.8. The van der Waals surface area contributed by atoms with Crippen LogP contribution in [0, 0.1) is 0 Å². The Balaban J connectivity index is 2.26. The van der Waals surface area contributed by atoms with Crippen LogP contribution in [0.3, 0.4) is 0 Å². The van der Waals surface area contributed by atoms with Crippen molar-refractivity contribution in [2.45, 2.75) is 28.8 Å². The van der Waals surface area contributed by atoms with Crippen LogP contribution in [0.2, 0.25) is 5.82 Å². The predicted octanol–water partition coefficient (Wildman–Crippen LogP) is 1.30. The van der Waals surface area contributed by atoms with Gasteiger partial charge in [-0.05, 0) is 0 Å². The van der Waals surface area contributed by atoms with E-state index in [4.69, 9.17) is 0 Å². The second-order valence-corrected chi connectivity index (χ2v) is 7.77. The molecule has 2 amide bonds. The second kappa shape index (κ2) is 5.14. The van der Waals surface area contributed by atoms with Crippen LogP contribution >= 0.6 is 0 Å². The zero-order valence-corrected chi connectivity index (χ0v) is 13.8. The predicted molar refractivity (Wildman–Crippen MR) is 79.9 cm³/mol. The zero-order chi connectivity index (χ0) is 16.9. The Kier molecular flexibility index (Phi) is 3.50. The van der Waals surface area contributed by atoms with Crippen LogP contribution < -0.4 is 4.90 Å². The van der Waals surface area contributed by atoms with Crippen molar-refractivity contribution in [2.24, 2.45) is 0 Å². The van der Waals surface area contributed by atoms with Gasteiger partial charge in [0.05, 0.1) is 0 Å². The fourth-order valence-corrected chi connectivity index (χ4v) is 6.00. The average molecular weight is 385 g/mol. The number of carboxylic acid groups (broad SMARTS) is 3. The number of hydrogen-bond donors (Lipinski definition) is 3. The van der Waals surface area contributed by atoms with Crippen molar-refractivity contribution in [3.05, 3.63) is 29.8 Å². The standard InChI is InChI=1S/C14H14N2O6Se/c1-23-14-6-9(10(17)18)16(13(21)22)11(14)15(12(19)20)8-5-3-2-4-7(8)14/h2-5,9,11H,6H2,1H3,(H,17,18)(H,19,20)(H,21,22)/t9-,11-,14+/m0/s1. The Morgan fingerprint density at radius 2 is 1.83 bits per heavy atom. The number of likely N-dealkylation sites (tertiary alicyclic amines) is 1. The quantitative estimate of drug-likeness (QED) is 0.661. The van der Waals surface area contributed by atoms with Crippen LogP contribution in [-0.4, -0.2) is 65.5 Å². The van der Waals surface area contributed by atoms with E-state index in [0.717, 1.165) is 9.80 Å². The van der Waals surface area contributed by atoms with Gasteiger partial charge in [0.1, 0.15) is 0 Å². The van der Waals surface area contributed by atoms with E-state index in [0.29, 0.717) is 11.3 Å². The summed E-state index contributed by atoms with van der Waals surface area (Å²) >= 11 is -0.199. The van der Waals surface area contributed by atoms with Crippen molar-refractivity contribution >= 4 is 38.8 Å². The Hall–Kier alpha value is -2.25. The summed E-state index contributed by atoms with van der Waals surface area (Å²) < 4.78 is -0.788. The molecule has 0 radical (unpaired) electrons. The van der Waals surface area contributed by atoms with Gasteiger partial charge in [-0.3, -0.25) is 0 Å². The molecular weight excluding hydrogens is 371 g/mol. The summed E-state index contributed by atoms with van der Waals surface area (Å²) in [5.41, 5.74) is 1.15. The van der Waals surface area contributed by atoms with Gasteiger partial charge in [-0.1, -0.05) is 0 Å². The molecule has 122 valence electrons. The number of para-hydroxylation sites is 1. The number of carbonyl (C=O) groups is 3. The van der Waals surface area contributed by atoms with Crippen LogP contribution in [-0.2, 0) is 9.11 Å². The van der Waals surface area contributed by atoms with Gasteiger partial charge in [-0.2, -0.15) is 0 Å². The van der Waals surface area contributed by atoms with E-state index in [1.807, 2.05) is 5.82 Å². The van der Waals surface area contributed by atoms with Gasteiger partial charge in [0.15, 0.2) is 0 Å². The van der Waals surface area contributed by atoms with Gasteiger partial charge in [0.2, 0.25) is 0 Å². The third-order valence-corrected chi connectivity index (χ3v) is 7.24. The summed E-state index contributed by atoms with van der Waals surface area (Å²) in [7, 11) is 0. The molecule has 1 fully saturated rings. The Morgan fingerprint density at radius 3 is 2.35 bits per heavy atom. The van der Waals surface area contributed by atoms with Crippen LogP contribution in [0.15, 0.2) is 24.3 Å². The normalized spacial score (nSPS) is 28.4. The molecule has 3 N–H and O–H groups in total. The molecule has 0 spiro atoms. The molecule has 2 aliphatic heterocycles. The number of fused-ring (bicyclic) bond motifs is 3. The van der Waals surface area contributed by atoms with E-state index in [1.165, 1.54) is 0 Å². The van der Waals surface area contributed by atoms with Crippen molar-refractivity contribution < 1.29 is 29.7 Å². The molecule has 0 bridgehead atoms. The van der Waals surface area contributed by atoms with Crippen LogP contribution in [0.5, 0.6) is 0 Å². The molecule has 3 atom stereocenters. The SMILES string of the molecule is C[Se][C@@]12C[C@@H](C(=O)O)N(C(=O)O)[C@@H]1N(C(=O)O)c1ccccc12. The molecule has 23 heavy (non-hydrogen) atoms. The summed E-state index contributed by atoms with van der Waals surface area (Å²) in [6, 6.07) is 5.58. The molecule has 3 rings (SSSR count). The Bertz CT molecular complexity index is 710. The molecule has 0 aromatic heterocycles. The minimum absolute atomic E-state index is 0.0800. The number of hydrogen-bond acceptors (Lipinski definition) is 3. The molecule has 0 unspecified atom stereocenters.